The molecule has 1 amide bonds. The summed E-state index contributed by atoms with van der Waals surface area (Å²) in [4.78, 5) is 12.2. The Morgan fingerprint density at radius 3 is 2.56 bits per heavy atom. The largest absolute Gasteiger partial charge is 0.496 e. The molecule has 1 saturated heterocycles. The first-order valence-corrected chi connectivity index (χ1v) is 11.0. The molecule has 3 rings (SSSR count). The van der Waals surface area contributed by atoms with Crippen LogP contribution in [0.1, 0.15) is 18.4 Å². The number of amides is 1. The standard InChI is InChI=1S/C19H21BrN2O4S/c1-26-18-9-3-14(13-17(18)20)4-10-19(23)21-15-5-7-16(8-6-15)22-11-2-12-27(22,24)25/h3,5-9,13H,2,4,10-12H2,1H3,(H,21,23). The number of carbonyl (C=O) groups is 1. The zero-order chi connectivity index (χ0) is 19.4. The molecule has 0 spiro atoms. The van der Waals surface area contributed by atoms with Crippen LogP contribution in [0, 0.1) is 0 Å². The topological polar surface area (TPSA) is 75.7 Å². The molecule has 0 unspecified atom stereocenters. The summed E-state index contributed by atoms with van der Waals surface area (Å²) in [5.41, 5.74) is 2.32. The molecule has 1 aliphatic rings. The highest BCUT2D eigenvalue weighted by molar-refractivity contribution is 9.10. The number of methoxy groups -OCH3 is 1. The van der Waals surface area contributed by atoms with Gasteiger partial charge in [-0.25, -0.2) is 8.42 Å². The van der Waals surface area contributed by atoms with Gasteiger partial charge in [0.15, 0.2) is 0 Å². The van der Waals surface area contributed by atoms with Crippen molar-refractivity contribution in [2.24, 2.45) is 0 Å². The molecule has 0 radical (unpaired) electrons. The molecular weight excluding hydrogens is 432 g/mol. The fourth-order valence-electron chi connectivity index (χ4n) is 2.99. The molecule has 1 N–H and O–H groups in total. The average Bonchev–Trinajstić information content (AvgIpc) is 3.00. The molecule has 0 atom stereocenters. The number of anilines is 2. The molecule has 0 bridgehead atoms. The molecule has 8 heteroatoms. The van der Waals surface area contributed by atoms with Gasteiger partial charge in [0, 0.05) is 18.7 Å². The summed E-state index contributed by atoms with van der Waals surface area (Å²) < 4.78 is 31.4. The monoisotopic (exact) mass is 452 g/mol. The minimum Gasteiger partial charge on any atom is -0.496 e. The predicted molar refractivity (Wildman–Crippen MR) is 110 cm³/mol. The van der Waals surface area contributed by atoms with Gasteiger partial charge in [0.25, 0.3) is 0 Å². The number of carbonyl (C=O) groups excluding carboxylic acids is 1. The van der Waals surface area contributed by atoms with E-state index in [-0.39, 0.29) is 11.7 Å². The third-order valence-electron chi connectivity index (χ3n) is 4.40. The molecule has 0 saturated carbocycles. The van der Waals surface area contributed by atoms with Crippen LogP contribution in [0.25, 0.3) is 0 Å². The van der Waals surface area contributed by atoms with Crippen molar-refractivity contribution in [1.82, 2.24) is 0 Å². The van der Waals surface area contributed by atoms with E-state index in [1.54, 1.807) is 31.4 Å². The number of nitrogens with zero attached hydrogens (tertiary/aromatic N) is 1. The molecule has 2 aromatic carbocycles. The van der Waals surface area contributed by atoms with Gasteiger partial charge in [-0.15, -0.1) is 0 Å². The second-order valence-corrected chi connectivity index (χ2v) is 9.17. The number of nitrogens with one attached hydrogen (secondary N) is 1. The third-order valence-corrected chi connectivity index (χ3v) is 6.88. The van der Waals surface area contributed by atoms with E-state index < -0.39 is 10.0 Å². The third kappa shape index (κ3) is 4.81. The van der Waals surface area contributed by atoms with Gasteiger partial charge in [-0.05, 0) is 70.7 Å². The summed E-state index contributed by atoms with van der Waals surface area (Å²) >= 11 is 3.44. The maximum Gasteiger partial charge on any atom is 0.235 e. The Labute approximate surface area is 167 Å². The highest BCUT2D eigenvalue weighted by atomic mass is 79.9. The van der Waals surface area contributed by atoms with Gasteiger partial charge >= 0.3 is 0 Å². The summed E-state index contributed by atoms with van der Waals surface area (Å²) in [6, 6.07) is 12.6. The van der Waals surface area contributed by atoms with E-state index in [9.17, 15) is 13.2 Å². The lowest BCUT2D eigenvalue weighted by Gasteiger charge is -2.17. The molecule has 144 valence electrons. The van der Waals surface area contributed by atoms with Crippen LogP contribution in [0.15, 0.2) is 46.9 Å². The van der Waals surface area contributed by atoms with Crippen molar-refractivity contribution in [2.45, 2.75) is 19.3 Å². The number of ether oxygens (including phenoxy) is 1. The van der Waals surface area contributed by atoms with E-state index in [2.05, 4.69) is 21.2 Å². The fourth-order valence-corrected chi connectivity index (χ4v) is 5.14. The molecule has 6 nitrogen and oxygen atoms in total. The quantitative estimate of drug-likeness (QED) is 0.726. The van der Waals surface area contributed by atoms with Crippen molar-refractivity contribution < 1.29 is 17.9 Å². The number of hydrogen-bond acceptors (Lipinski definition) is 4. The van der Waals surface area contributed by atoms with E-state index in [4.69, 9.17) is 4.74 Å². The lowest BCUT2D eigenvalue weighted by molar-refractivity contribution is -0.116. The van der Waals surface area contributed by atoms with Crippen LogP contribution in [-0.4, -0.2) is 33.7 Å². The summed E-state index contributed by atoms with van der Waals surface area (Å²) in [6.45, 7) is 0.505. The van der Waals surface area contributed by atoms with Crippen LogP contribution >= 0.6 is 15.9 Å². The van der Waals surface area contributed by atoms with Crippen LogP contribution < -0.4 is 14.4 Å². The van der Waals surface area contributed by atoms with E-state index >= 15 is 0 Å². The van der Waals surface area contributed by atoms with Crippen LogP contribution in [0.4, 0.5) is 11.4 Å². The summed E-state index contributed by atoms with van der Waals surface area (Å²) in [5, 5.41) is 2.84. The summed E-state index contributed by atoms with van der Waals surface area (Å²) in [6.07, 6.45) is 1.60. The van der Waals surface area contributed by atoms with Crippen LogP contribution in [-0.2, 0) is 21.2 Å². The van der Waals surface area contributed by atoms with Gasteiger partial charge < -0.3 is 10.1 Å². The minimum absolute atomic E-state index is 0.0940. The predicted octanol–water partition coefficient (Wildman–Crippen LogP) is 3.57. The molecule has 0 aromatic heterocycles. The van der Waals surface area contributed by atoms with E-state index in [1.807, 2.05) is 18.2 Å². The molecule has 1 aliphatic heterocycles. The smallest absolute Gasteiger partial charge is 0.235 e. The van der Waals surface area contributed by atoms with Crippen molar-refractivity contribution in [3.8, 4) is 5.75 Å². The van der Waals surface area contributed by atoms with Gasteiger partial charge in [-0.1, -0.05) is 6.07 Å². The van der Waals surface area contributed by atoms with E-state index in [1.165, 1.54) is 4.31 Å². The Morgan fingerprint density at radius 1 is 1.22 bits per heavy atom. The molecule has 1 fully saturated rings. The highest BCUT2D eigenvalue weighted by Gasteiger charge is 2.28. The molecule has 1 heterocycles. The Morgan fingerprint density at radius 2 is 1.96 bits per heavy atom. The number of rotatable bonds is 6. The van der Waals surface area contributed by atoms with E-state index in [0.717, 1.165) is 15.8 Å². The Balaban J connectivity index is 1.56. The van der Waals surface area contributed by atoms with Crippen LogP contribution in [0.3, 0.4) is 0 Å². The zero-order valence-electron chi connectivity index (χ0n) is 14.9. The maximum absolute atomic E-state index is 12.2. The Kier molecular flexibility index (Phi) is 6.06. The second kappa shape index (κ2) is 8.31. The van der Waals surface area contributed by atoms with Crippen LogP contribution in [0.5, 0.6) is 5.75 Å². The SMILES string of the molecule is COc1ccc(CCC(=O)Nc2ccc(N3CCCS3(=O)=O)cc2)cc1Br. The highest BCUT2D eigenvalue weighted by Crippen LogP contribution is 2.27. The maximum atomic E-state index is 12.2. The van der Waals surface area contributed by atoms with Gasteiger partial charge in [-0.3, -0.25) is 9.10 Å². The average molecular weight is 453 g/mol. The molecule has 27 heavy (non-hydrogen) atoms. The first kappa shape index (κ1) is 19.7. The normalized spacial score (nSPS) is 15.6. The number of halogens is 1. The van der Waals surface area contributed by atoms with Crippen LogP contribution in [0.2, 0.25) is 0 Å². The van der Waals surface area contributed by atoms with Crippen molar-refractivity contribution in [1.29, 1.82) is 0 Å². The summed E-state index contributed by atoms with van der Waals surface area (Å²) in [7, 11) is -1.58. The lowest BCUT2D eigenvalue weighted by Crippen LogP contribution is -2.25. The van der Waals surface area contributed by atoms with Gasteiger partial charge in [-0.2, -0.15) is 0 Å². The number of benzene rings is 2. The van der Waals surface area contributed by atoms with Crippen molar-refractivity contribution in [3.63, 3.8) is 0 Å². The van der Waals surface area contributed by atoms with Gasteiger partial charge in [0.05, 0.1) is 23.0 Å². The number of hydrogen-bond donors (Lipinski definition) is 1. The minimum atomic E-state index is -3.19. The van der Waals surface area contributed by atoms with Gasteiger partial charge in [0.2, 0.25) is 15.9 Å². The second-order valence-electron chi connectivity index (χ2n) is 6.31. The molecule has 0 aliphatic carbocycles. The first-order chi connectivity index (χ1) is 12.9. The molecular formula is C19H21BrN2O4S. The number of aryl methyl sites for hydroxylation is 1. The van der Waals surface area contributed by atoms with E-state index in [0.29, 0.717) is 37.2 Å². The van der Waals surface area contributed by atoms with Crippen molar-refractivity contribution in [3.05, 3.63) is 52.5 Å². The summed E-state index contributed by atoms with van der Waals surface area (Å²) in [5.74, 6) is 0.847. The molecule has 2 aromatic rings. The van der Waals surface area contributed by atoms with Gasteiger partial charge in [0.1, 0.15) is 5.75 Å². The van der Waals surface area contributed by atoms with Crippen molar-refractivity contribution in [2.75, 3.05) is 29.0 Å². The lowest BCUT2D eigenvalue weighted by atomic mass is 10.1. The Hall–Kier alpha value is -2.06. The zero-order valence-corrected chi connectivity index (χ0v) is 17.3. The Bertz CT molecular complexity index is 929. The first-order valence-electron chi connectivity index (χ1n) is 8.62. The van der Waals surface area contributed by atoms with Crippen molar-refractivity contribution >= 4 is 43.2 Å². The fraction of sp³-hybridized carbons (Fsp3) is 0.316. The number of sulfonamides is 1.